The Morgan fingerprint density at radius 1 is 1.26 bits per heavy atom. The van der Waals surface area contributed by atoms with Crippen molar-refractivity contribution in [1.82, 2.24) is 9.97 Å². The van der Waals surface area contributed by atoms with Crippen molar-refractivity contribution in [3.05, 3.63) is 40.6 Å². The third-order valence-corrected chi connectivity index (χ3v) is 3.71. The third kappa shape index (κ3) is 3.32. The maximum absolute atomic E-state index is 11.2. The molecule has 0 atom stereocenters. The van der Waals surface area contributed by atoms with Crippen molar-refractivity contribution in [3.8, 4) is 11.4 Å². The molecule has 0 aliphatic rings. The van der Waals surface area contributed by atoms with Crippen LogP contribution in [0.2, 0.25) is 0 Å². The molecule has 0 aliphatic carbocycles. The van der Waals surface area contributed by atoms with Crippen molar-refractivity contribution in [2.45, 2.75) is 39.7 Å². The number of hydrogen-bond acceptors (Lipinski definition) is 5. The largest absolute Gasteiger partial charge is 0.477 e. The summed E-state index contributed by atoms with van der Waals surface area (Å²) in [6.45, 7) is 7.67. The molecule has 4 N–H and O–H groups in total. The van der Waals surface area contributed by atoms with Crippen LogP contribution in [0.3, 0.4) is 0 Å². The van der Waals surface area contributed by atoms with E-state index in [0.29, 0.717) is 22.6 Å². The van der Waals surface area contributed by atoms with Crippen molar-refractivity contribution in [1.29, 1.82) is 0 Å². The van der Waals surface area contributed by atoms with Crippen LogP contribution in [-0.2, 0) is 12.0 Å². The van der Waals surface area contributed by atoms with Crippen LogP contribution in [0.4, 0.5) is 5.82 Å². The average molecular weight is 315 g/mol. The second kappa shape index (κ2) is 5.96. The number of benzene rings is 1. The number of nitrogens with two attached hydrogens (primary N) is 1. The molecule has 2 aromatic rings. The molecule has 1 heterocycles. The molecule has 0 unspecified atom stereocenters. The van der Waals surface area contributed by atoms with Crippen LogP contribution in [0.5, 0.6) is 0 Å². The number of nitrogens with zero attached hydrogens (tertiary/aromatic N) is 2. The van der Waals surface area contributed by atoms with Crippen LogP contribution in [0.15, 0.2) is 18.2 Å². The normalized spacial score (nSPS) is 11.5. The first kappa shape index (κ1) is 16.9. The average Bonchev–Trinajstić information content (AvgIpc) is 2.44. The van der Waals surface area contributed by atoms with Gasteiger partial charge in [-0.3, -0.25) is 0 Å². The minimum absolute atomic E-state index is 0.0502. The number of nitrogen functional groups attached to an aromatic ring is 1. The van der Waals surface area contributed by atoms with Crippen LogP contribution >= 0.6 is 0 Å². The van der Waals surface area contributed by atoms with Crippen LogP contribution in [0.1, 0.15) is 48.0 Å². The zero-order valence-electron chi connectivity index (χ0n) is 13.7. The van der Waals surface area contributed by atoms with Crippen LogP contribution in [0, 0.1) is 6.92 Å². The summed E-state index contributed by atoms with van der Waals surface area (Å²) in [5.41, 5.74) is 8.32. The highest BCUT2D eigenvalue weighted by Gasteiger charge is 2.20. The number of aryl methyl sites for hydroxylation is 1. The number of aromatic carboxylic acids is 1. The molecule has 0 spiro atoms. The van der Waals surface area contributed by atoms with E-state index in [2.05, 4.69) is 30.7 Å². The summed E-state index contributed by atoms with van der Waals surface area (Å²) in [6, 6.07) is 5.70. The van der Waals surface area contributed by atoms with Gasteiger partial charge in [-0.25, -0.2) is 14.8 Å². The number of aliphatic hydroxyl groups is 1. The predicted octanol–water partition coefficient (Wildman–Crippen LogP) is 2.52. The zero-order chi connectivity index (χ0) is 17.4. The molecule has 23 heavy (non-hydrogen) atoms. The van der Waals surface area contributed by atoms with E-state index in [1.54, 1.807) is 6.92 Å². The fourth-order valence-electron chi connectivity index (χ4n) is 2.39. The Bertz CT molecular complexity index is 741. The lowest BCUT2D eigenvalue weighted by molar-refractivity contribution is 0.0696. The summed E-state index contributed by atoms with van der Waals surface area (Å²) in [6.07, 6.45) is 0. The first-order valence-electron chi connectivity index (χ1n) is 7.27. The third-order valence-electron chi connectivity index (χ3n) is 3.71. The van der Waals surface area contributed by atoms with Crippen molar-refractivity contribution < 1.29 is 15.0 Å². The molecule has 6 nitrogen and oxygen atoms in total. The monoisotopic (exact) mass is 315 g/mol. The number of aromatic nitrogens is 2. The molecular weight excluding hydrogens is 294 g/mol. The Morgan fingerprint density at radius 2 is 1.91 bits per heavy atom. The summed E-state index contributed by atoms with van der Waals surface area (Å²) in [7, 11) is 0. The molecule has 0 fully saturated rings. The van der Waals surface area contributed by atoms with E-state index in [0.717, 1.165) is 5.56 Å². The van der Waals surface area contributed by atoms with Crippen molar-refractivity contribution >= 4 is 11.8 Å². The zero-order valence-corrected chi connectivity index (χ0v) is 13.7. The van der Waals surface area contributed by atoms with E-state index in [1.165, 1.54) is 0 Å². The predicted molar refractivity (Wildman–Crippen MR) is 88.2 cm³/mol. The standard InChI is InChI=1S/C17H21N3O3/c1-9-13(16(22)23)14(18)20-15(19-9)12-6-5-11(17(2,3)4)7-10(12)8-21/h5-7,21H,8H2,1-4H3,(H,22,23)(H2,18,19,20). The number of carbonyl (C=O) groups is 1. The highest BCUT2D eigenvalue weighted by atomic mass is 16.4. The van der Waals surface area contributed by atoms with Gasteiger partial charge < -0.3 is 15.9 Å². The van der Waals surface area contributed by atoms with Crippen molar-refractivity contribution in [3.63, 3.8) is 0 Å². The van der Waals surface area contributed by atoms with E-state index in [1.807, 2.05) is 18.2 Å². The van der Waals surface area contributed by atoms with Crippen LogP contribution in [-0.4, -0.2) is 26.2 Å². The molecule has 0 bridgehead atoms. The topological polar surface area (TPSA) is 109 Å². The Hall–Kier alpha value is -2.47. The Morgan fingerprint density at radius 3 is 2.39 bits per heavy atom. The first-order valence-corrected chi connectivity index (χ1v) is 7.27. The molecule has 122 valence electrons. The number of rotatable bonds is 3. The maximum atomic E-state index is 11.2. The van der Waals surface area contributed by atoms with E-state index in [9.17, 15) is 9.90 Å². The second-order valence-electron chi connectivity index (χ2n) is 6.48. The SMILES string of the molecule is Cc1nc(-c2ccc(C(C)(C)C)cc2CO)nc(N)c1C(=O)O. The van der Waals surface area contributed by atoms with Gasteiger partial charge in [0.15, 0.2) is 5.82 Å². The summed E-state index contributed by atoms with van der Waals surface area (Å²) >= 11 is 0. The molecule has 0 aliphatic heterocycles. The van der Waals surface area contributed by atoms with Gasteiger partial charge in [-0.15, -0.1) is 0 Å². The molecule has 0 radical (unpaired) electrons. The molecular formula is C17H21N3O3. The molecule has 1 aromatic heterocycles. The minimum atomic E-state index is -1.16. The summed E-state index contributed by atoms with van der Waals surface area (Å²) < 4.78 is 0. The second-order valence-corrected chi connectivity index (χ2v) is 6.48. The fraction of sp³-hybridized carbons (Fsp3) is 0.353. The van der Waals surface area contributed by atoms with Crippen molar-refractivity contribution in [2.75, 3.05) is 5.73 Å². The number of anilines is 1. The Kier molecular flexibility index (Phi) is 4.38. The van der Waals surface area contributed by atoms with Crippen LogP contribution < -0.4 is 5.73 Å². The van der Waals surface area contributed by atoms with Gasteiger partial charge in [-0.05, 0) is 23.5 Å². The highest BCUT2D eigenvalue weighted by Crippen LogP contribution is 2.29. The van der Waals surface area contributed by atoms with Gasteiger partial charge in [-0.1, -0.05) is 39.0 Å². The summed E-state index contributed by atoms with van der Waals surface area (Å²) in [5, 5.41) is 18.8. The number of hydrogen-bond donors (Lipinski definition) is 3. The number of carboxylic acid groups (broad SMARTS) is 1. The van der Waals surface area contributed by atoms with Gasteiger partial charge in [0, 0.05) is 5.56 Å². The lowest BCUT2D eigenvalue weighted by Gasteiger charge is -2.21. The van der Waals surface area contributed by atoms with Gasteiger partial charge in [0.05, 0.1) is 12.3 Å². The maximum Gasteiger partial charge on any atom is 0.341 e. The lowest BCUT2D eigenvalue weighted by Crippen LogP contribution is -2.13. The quantitative estimate of drug-likeness (QED) is 0.803. The summed E-state index contributed by atoms with van der Waals surface area (Å²) in [5.74, 6) is -0.921. The first-order chi connectivity index (χ1) is 10.6. The van der Waals surface area contributed by atoms with Crippen LogP contribution in [0.25, 0.3) is 11.4 Å². The van der Waals surface area contributed by atoms with E-state index < -0.39 is 5.97 Å². The van der Waals surface area contributed by atoms with E-state index >= 15 is 0 Å². The lowest BCUT2D eigenvalue weighted by atomic mass is 9.85. The van der Waals surface area contributed by atoms with Gasteiger partial charge in [0.25, 0.3) is 0 Å². The molecule has 2 rings (SSSR count). The number of carboxylic acids is 1. The molecule has 0 saturated heterocycles. The van der Waals surface area contributed by atoms with Gasteiger partial charge in [-0.2, -0.15) is 0 Å². The van der Waals surface area contributed by atoms with E-state index in [-0.39, 0.29) is 23.4 Å². The van der Waals surface area contributed by atoms with Crippen molar-refractivity contribution in [2.24, 2.45) is 0 Å². The smallest absolute Gasteiger partial charge is 0.341 e. The van der Waals surface area contributed by atoms with Gasteiger partial charge in [0.2, 0.25) is 0 Å². The Labute approximate surface area is 135 Å². The highest BCUT2D eigenvalue weighted by molar-refractivity contribution is 5.94. The van der Waals surface area contributed by atoms with Gasteiger partial charge in [0.1, 0.15) is 11.4 Å². The molecule has 1 aromatic carbocycles. The van der Waals surface area contributed by atoms with E-state index in [4.69, 9.17) is 10.8 Å². The molecule has 0 saturated carbocycles. The fourth-order valence-corrected chi connectivity index (χ4v) is 2.39. The minimum Gasteiger partial charge on any atom is -0.477 e. The number of aliphatic hydroxyl groups excluding tert-OH is 1. The summed E-state index contributed by atoms with van der Waals surface area (Å²) in [4.78, 5) is 19.5. The Balaban J connectivity index is 2.61. The molecule has 0 amide bonds. The van der Waals surface area contributed by atoms with Gasteiger partial charge >= 0.3 is 5.97 Å². The molecule has 6 heteroatoms.